The Bertz CT molecular complexity index is 878. The number of aliphatic hydroxyl groups is 1. The van der Waals surface area contributed by atoms with Crippen molar-refractivity contribution in [3.8, 4) is 5.75 Å². The van der Waals surface area contributed by atoms with Crippen molar-refractivity contribution in [1.82, 2.24) is 15.2 Å². The number of phenols is 1. The SMILES string of the molecule is Oc1ccc(Cl)cc1CN(Cc1ccccc1)CC(O)CNCc1ccccn1. The van der Waals surface area contributed by atoms with Crippen molar-refractivity contribution in [2.45, 2.75) is 25.7 Å². The molecular weight excluding hydrogens is 386 g/mol. The zero-order valence-corrected chi connectivity index (χ0v) is 17.0. The van der Waals surface area contributed by atoms with Gasteiger partial charge in [-0.05, 0) is 35.9 Å². The summed E-state index contributed by atoms with van der Waals surface area (Å²) in [6.07, 6.45) is 1.19. The van der Waals surface area contributed by atoms with Gasteiger partial charge < -0.3 is 15.5 Å². The zero-order valence-electron chi connectivity index (χ0n) is 16.2. The molecule has 0 aliphatic carbocycles. The molecule has 0 amide bonds. The van der Waals surface area contributed by atoms with Crippen LogP contribution in [-0.2, 0) is 19.6 Å². The molecule has 1 unspecified atom stereocenters. The molecule has 2 aromatic carbocycles. The molecule has 1 aromatic heterocycles. The topological polar surface area (TPSA) is 68.6 Å². The van der Waals surface area contributed by atoms with E-state index < -0.39 is 6.10 Å². The second-order valence-corrected chi connectivity index (χ2v) is 7.47. The van der Waals surface area contributed by atoms with Gasteiger partial charge in [-0.2, -0.15) is 0 Å². The van der Waals surface area contributed by atoms with Gasteiger partial charge in [0.2, 0.25) is 0 Å². The first kappa shape index (κ1) is 21.3. The Morgan fingerprint density at radius 1 is 1.00 bits per heavy atom. The lowest BCUT2D eigenvalue weighted by molar-refractivity contribution is 0.103. The Balaban J connectivity index is 1.61. The third-order valence-electron chi connectivity index (χ3n) is 4.57. The van der Waals surface area contributed by atoms with Crippen LogP contribution in [0, 0.1) is 0 Å². The maximum atomic E-state index is 10.6. The summed E-state index contributed by atoms with van der Waals surface area (Å²) in [5.41, 5.74) is 2.81. The van der Waals surface area contributed by atoms with E-state index in [1.165, 1.54) is 0 Å². The van der Waals surface area contributed by atoms with E-state index in [2.05, 4.69) is 27.3 Å². The molecule has 5 nitrogen and oxygen atoms in total. The average Bonchev–Trinajstić information content (AvgIpc) is 2.72. The Labute approximate surface area is 176 Å². The lowest BCUT2D eigenvalue weighted by atomic mass is 10.1. The number of rotatable bonds is 10. The molecule has 0 saturated carbocycles. The molecule has 3 N–H and O–H groups in total. The predicted octanol–water partition coefficient (Wildman–Crippen LogP) is 3.59. The first-order chi connectivity index (χ1) is 14.1. The summed E-state index contributed by atoms with van der Waals surface area (Å²) in [6.45, 7) is 2.65. The smallest absolute Gasteiger partial charge is 0.120 e. The highest BCUT2D eigenvalue weighted by molar-refractivity contribution is 6.30. The zero-order chi connectivity index (χ0) is 20.5. The molecule has 0 fully saturated rings. The summed E-state index contributed by atoms with van der Waals surface area (Å²) in [4.78, 5) is 6.38. The van der Waals surface area contributed by atoms with Crippen LogP contribution in [0.5, 0.6) is 5.75 Å². The van der Waals surface area contributed by atoms with Crippen LogP contribution in [0.15, 0.2) is 72.9 Å². The van der Waals surface area contributed by atoms with Gasteiger partial charge in [-0.15, -0.1) is 0 Å². The number of aliphatic hydroxyl groups excluding tert-OH is 1. The molecule has 1 atom stereocenters. The van der Waals surface area contributed by atoms with Gasteiger partial charge in [-0.1, -0.05) is 48.0 Å². The highest BCUT2D eigenvalue weighted by Crippen LogP contribution is 2.23. The fourth-order valence-corrected chi connectivity index (χ4v) is 3.38. The number of hydrogen-bond acceptors (Lipinski definition) is 5. The minimum absolute atomic E-state index is 0.204. The predicted molar refractivity (Wildman–Crippen MR) is 116 cm³/mol. The monoisotopic (exact) mass is 411 g/mol. The van der Waals surface area contributed by atoms with E-state index in [1.54, 1.807) is 24.4 Å². The summed E-state index contributed by atoms with van der Waals surface area (Å²) >= 11 is 6.10. The van der Waals surface area contributed by atoms with E-state index in [-0.39, 0.29) is 5.75 Å². The van der Waals surface area contributed by atoms with Crippen LogP contribution < -0.4 is 5.32 Å². The first-order valence-corrected chi connectivity index (χ1v) is 10.0. The third-order valence-corrected chi connectivity index (χ3v) is 4.80. The fourth-order valence-electron chi connectivity index (χ4n) is 3.18. The van der Waals surface area contributed by atoms with Crippen molar-refractivity contribution < 1.29 is 10.2 Å². The number of pyridine rings is 1. The molecule has 1 heterocycles. The van der Waals surface area contributed by atoms with Gasteiger partial charge in [0.1, 0.15) is 5.75 Å². The van der Waals surface area contributed by atoms with Gasteiger partial charge in [0.25, 0.3) is 0 Å². The Kier molecular flexibility index (Phi) is 8.02. The lowest BCUT2D eigenvalue weighted by Gasteiger charge is -2.26. The van der Waals surface area contributed by atoms with E-state index in [1.807, 2.05) is 36.4 Å². The number of benzene rings is 2. The maximum absolute atomic E-state index is 10.6. The second kappa shape index (κ2) is 10.9. The highest BCUT2D eigenvalue weighted by atomic mass is 35.5. The summed E-state index contributed by atoms with van der Waals surface area (Å²) in [5, 5.41) is 24.6. The minimum atomic E-state index is -0.566. The van der Waals surface area contributed by atoms with E-state index in [9.17, 15) is 10.2 Å². The molecule has 6 heteroatoms. The molecule has 3 rings (SSSR count). The Hall–Kier alpha value is -2.44. The van der Waals surface area contributed by atoms with Crippen LogP contribution in [0.1, 0.15) is 16.8 Å². The van der Waals surface area contributed by atoms with Crippen molar-refractivity contribution in [2.75, 3.05) is 13.1 Å². The molecule has 3 aromatic rings. The summed E-state index contributed by atoms with van der Waals surface area (Å²) < 4.78 is 0. The highest BCUT2D eigenvalue weighted by Gasteiger charge is 2.15. The minimum Gasteiger partial charge on any atom is -0.508 e. The van der Waals surface area contributed by atoms with Crippen molar-refractivity contribution in [3.63, 3.8) is 0 Å². The summed E-state index contributed by atoms with van der Waals surface area (Å²) in [7, 11) is 0. The van der Waals surface area contributed by atoms with Gasteiger partial charge in [0, 0.05) is 49.5 Å². The number of phenolic OH excluding ortho intramolecular Hbond substituents is 1. The normalized spacial score (nSPS) is 12.2. The van der Waals surface area contributed by atoms with Gasteiger partial charge in [0.05, 0.1) is 11.8 Å². The molecular formula is C23H26ClN3O2. The molecule has 152 valence electrons. The van der Waals surface area contributed by atoms with Crippen LogP contribution in [-0.4, -0.2) is 39.3 Å². The standard InChI is InChI=1S/C23H26ClN3O2/c24-20-9-10-23(29)19(12-20)16-27(15-18-6-2-1-3-7-18)17-22(28)14-25-13-21-8-4-5-11-26-21/h1-12,22,25,28-29H,13-17H2. The third kappa shape index (κ3) is 7.15. The van der Waals surface area contributed by atoms with E-state index in [0.29, 0.717) is 37.7 Å². The number of halogens is 1. The molecule has 0 radical (unpaired) electrons. The van der Waals surface area contributed by atoms with Crippen LogP contribution in [0.3, 0.4) is 0 Å². The average molecular weight is 412 g/mol. The first-order valence-electron chi connectivity index (χ1n) is 9.62. The molecule has 0 saturated heterocycles. The quantitative estimate of drug-likeness (QED) is 0.475. The summed E-state index contributed by atoms with van der Waals surface area (Å²) in [6, 6.07) is 20.9. The van der Waals surface area contributed by atoms with Gasteiger partial charge in [-0.3, -0.25) is 9.88 Å². The van der Waals surface area contributed by atoms with Crippen LogP contribution in [0.2, 0.25) is 5.02 Å². The van der Waals surface area contributed by atoms with E-state index >= 15 is 0 Å². The van der Waals surface area contributed by atoms with Crippen LogP contribution in [0.4, 0.5) is 0 Å². The number of aromatic hydroxyl groups is 1. The Morgan fingerprint density at radius 3 is 2.55 bits per heavy atom. The number of aromatic nitrogens is 1. The molecule has 0 bridgehead atoms. The van der Waals surface area contributed by atoms with Gasteiger partial charge in [0.15, 0.2) is 0 Å². The van der Waals surface area contributed by atoms with Crippen molar-refractivity contribution >= 4 is 11.6 Å². The van der Waals surface area contributed by atoms with E-state index in [0.717, 1.165) is 16.8 Å². The van der Waals surface area contributed by atoms with Crippen molar-refractivity contribution in [2.24, 2.45) is 0 Å². The van der Waals surface area contributed by atoms with Gasteiger partial charge in [-0.25, -0.2) is 0 Å². The van der Waals surface area contributed by atoms with Crippen molar-refractivity contribution in [1.29, 1.82) is 0 Å². The largest absolute Gasteiger partial charge is 0.508 e. The number of nitrogens with one attached hydrogen (secondary N) is 1. The van der Waals surface area contributed by atoms with Crippen molar-refractivity contribution in [3.05, 3.63) is 94.8 Å². The van der Waals surface area contributed by atoms with Crippen LogP contribution in [0.25, 0.3) is 0 Å². The maximum Gasteiger partial charge on any atom is 0.120 e. The van der Waals surface area contributed by atoms with Crippen LogP contribution >= 0.6 is 11.6 Å². The molecule has 0 spiro atoms. The molecule has 0 aliphatic heterocycles. The van der Waals surface area contributed by atoms with E-state index in [4.69, 9.17) is 11.6 Å². The second-order valence-electron chi connectivity index (χ2n) is 7.03. The summed E-state index contributed by atoms with van der Waals surface area (Å²) in [5.74, 6) is 0.204. The number of hydrogen-bond donors (Lipinski definition) is 3. The molecule has 29 heavy (non-hydrogen) atoms. The Morgan fingerprint density at radius 2 is 1.79 bits per heavy atom. The lowest BCUT2D eigenvalue weighted by Crippen LogP contribution is -2.37. The number of nitrogens with zero attached hydrogens (tertiary/aromatic N) is 2. The fraction of sp³-hybridized carbons (Fsp3) is 0.261. The molecule has 0 aliphatic rings. The van der Waals surface area contributed by atoms with Gasteiger partial charge >= 0.3 is 0 Å².